The number of nitrogens with two attached hydrogens (primary N) is 1. The summed E-state index contributed by atoms with van der Waals surface area (Å²) < 4.78 is 33.8. The molecule has 2 aliphatic rings. The molecule has 0 saturated carbocycles. The summed E-state index contributed by atoms with van der Waals surface area (Å²) in [5, 5.41) is 0.712. The third-order valence-electron chi connectivity index (χ3n) is 5.87. The van der Waals surface area contributed by atoms with E-state index in [4.69, 9.17) is 10.5 Å². The fourth-order valence-electron chi connectivity index (χ4n) is 4.13. The average Bonchev–Trinajstić information content (AvgIpc) is 3.32. The number of cyclic esters (lactones) is 1. The zero-order valence-electron chi connectivity index (χ0n) is 17.9. The lowest BCUT2D eigenvalue weighted by Crippen LogP contribution is -2.42. The molecule has 0 unspecified atom stereocenters. The Morgan fingerprint density at radius 2 is 1.88 bits per heavy atom. The van der Waals surface area contributed by atoms with Crippen molar-refractivity contribution in [1.29, 1.82) is 0 Å². The molecule has 0 radical (unpaired) electrons. The van der Waals surface area contributed by atoms with Gasteiger partial charge in [0.25, 0.3) is 11.8 Å². The lowest BCUT2D eigenvalue weighted by molar-refractivity contribution is -0.0494. The van der Waals surface area contributed by atoms with Crippen molar-refractivity contribution in [1.82, 2.24) is 19.4 Å². The molecule has 0 aromatic carbocycles. The van der Waals surface area contributed by atoms with Crippen LogP contribution in [-0.4, -0.2) is 62.7 Å². The first-order valence-corrected chi connectivity index (χ1v) is 10.5. The van der Waals surface area contributed by atoms with Gasteiger partial charge in [0.15, 0.2) is 5.72 Å². The maximum Gasteiger partial charge on any atom is 0.416 e. The highest BCUT2D eigenvalue weighted by Crippen LogP contribution is 2.30. The van der Waals surface area contributed by atoms with Crippen molar-refractivity contribution in [3.05, 3.63) is 48.5 Å². The highest BCUT2D eigenvalue weighted by Gasteiger charge is 2.39. The zero-order chi connectivity index (χ0) is 23.4. The summed E-state index contributed by atoms with van der Waals surface area (Å²) in [6.45, 7) is 1.85. The van der Waals surface area contributed by atoms with E-state index in [1.54, 1.807) is 48.3 Å². The largest absolute Gasteiger partial charge is 0.426 e. The van der Waals surface area contributed by atoms with Gasteiger partial charge in [0.1, 0.15) is 5.65 Å². The minimum absolute atomic E-state index is 0.0180. The van der Waals surface area contributed by atoms with Crippen LogP contribution < -0.4 is 10.6 Å². The lowest BCUT2D eigenvalue weighted by Gasteiger charge is -2.31. The van der Waals surface area contributed by atoms with E-state index in [9.17, 15) is 18.4 Å². The van der Waals surface area contributed by atoms with E-state index in [-0.39, 0.29) is 38.4 Å². The fourth-order valence-corrected chi connectivity index (χ4v) is 4.13. The van der Waals surface area contributed by atoms with Gasteiger partial charge in [0.05, 0.1) is 35.9 Å². The summed E-state index contributed by atoms with van der Waals surface area (Å²) >= 11 is 0. The van der Waals surface area contributed by atoms with Crippen molar-refractivity contribution >= 4 is 28.7 Å². The first kappa shape index (κ1) is 21.3. The van der Waals surface area contributed by atoms with E-state index < -0.39 is 17.7 Å². The second kappa shape index (κ2) is 7.48. The molecule has 33 heavy (non-hydrogen) atoms. The third kappa shape index (κ3) is 3.99. The van der Waals surface area contributed by atoms with Crippen molar-refractivity contribution in [2.75, 3.05) is 24.5 Å². The molecule has 2 fully saturated rings. The standard InChI is InChI=1S/C22H22F2N6O3/c1-21(25)13-30(20(32)33-21)17-9-16(11-26-12-17)29-5-2-14-8-15(10-27-18(14)29)19(31)28-6-3-22(23,24)4-7-28/h2,5,8-12H,3-4,6-7,13,25H2,1H3/t21-/m0/s1. The second-order valence-corrected chi connectivity index (χ2v) is 8.64. The number of ether oxygens (including phenoxy) is 1. The van der Waals surface area contributed by atoms with Gasteiger partial charge < -0.3 is 9.64 Å². The first-order chi connectivity index (χ1) is 15.6. The number of hydrogen-bond acceptors (Lipinski definition) is 6. The normalized spacial score (nSPS) is 22.6. The fraction of sp³-hybridized carbons (Fsp3) is 0.364. The molecule has 0 bridgehead atoms. The molecule has 0 spiro atoms. The van der Waals surface area contributed by atoms with Gasteiger partial charge >= 0.3 is 6.09 Å². The number of aromatic nitrogens is 3. The summed E-state index contributed by atoms with van der Waals surface area (Å²) in [5.74, 6) is -3.03. The van der Waals surface area contributed by atoms with Crippen LogP contribution in [0.3, 0.4) is 0 Å². The molecule has 0 aliphatic carbocycles. The number of carbonyl (C=O) groups excluding carboxylic acids is 2. The van der Waals surface area contributed by atoms with Gasteiger partial charge in [-0.05, 0) is 25.1 Å². The van der Waals surface area contributed by atoms with Gasteiger partial charge in [0, 0.05) is 43.7 Å². The smallest absolute Gasteiger partial charge is 0.416 e. The van der Waals surface area contributed by atoms with Crippen molar-refractivity contribution < 1.29 is 23.1 Å². The Balaban J connectivity index is 1.41. The molecular weight excluding hydrogens is 434 g/mol. The summed E-state index contributed by atoms with van der Waals surface area (Å²) in [6, 6.07) is 5.27. The molecule has 2 N–H and O–H groups in total. The number of rotatable bonds is 3. The number of pyridine rings is 2. The Bertz CT molecular complexity index is 1250. The number of anilines is 1. The summed E-state index contributed by atoms with van der Waals surface area (Å²) in [6.07, 6.45) is 5.19. The maximum absolute atomic E-state index is 13.4. The third-order valence-corrected chi connectivity index (χ3v) is 5.87. The molecule has 3 aromatic heterocycles. The summed E-state index contributed by atoms with van der Waals surface area (Å²) in [4.78, 5) is 36.5. The van der Waals surface area contributed by atoms with Crippen LogP contribution in [0.5, 0.6) is 0 Å². The van der Waals surface area contributed by atoms with E-state index in [1.807, 2.05) is 0 Å². The summed E-state index contributed by atoms with van der Waals surface area (Å²) in [7, 11) is 0. The molecule has 5 rings (SSSR count). The van der Waals surface area contributed by atoms with Crippen molar-refractivity contribution in [2.24, 2.45) is 5.73 Å². The number of carbonyl (C=O) groups is 2. The number of alkyl halides is 2. The SMILES string of the molecule is C[C@@]1(N)CN(c2cncc(-n3ccc4cc(C(=O)N5CCC(F)(F)CC5)cnc43)c2)C(=O)O1. The number of likely N-dealkylation sites (tertiary alicyclic amines) is 1. The molecule has 2 amide bonds. The van der Waals surface area contributed by atoms with Gasteiger partial charge in [-0.1, -0.05) is 0 Å². The number of halogens is 2. The van der Waals surface area contributed by atoms with Crippen molar-refractivity contribution in [3.8, 4) is 5.69 Å². The molecule has 5 heterocycles. The Morgan fingerprint density at radius 3 is 2.58 bits per heavy atom. The molecule has 1 atom stereocenters. The Hall–Kier alpha value is -3.60. The molecule has 2 aliphatic heterocycles. The van der Waals surface area contributed by atoms with Gasteiger partial charge in [-0.15, -0.1) is 0 Å². The van der Waals surface area contributed by atoms with E-state index in [1.165, 1.54) is 16.0 Å². The Kier molecular flexibility index (Phi) is 4.82. The van der Waals surface area contributed by atoms with Crippen LogP contribution in [0.15, 0.2) is 43.0 Å². The van der Waals surface area contributed by atoms with E-state index >= 15 is 0 Å². The topological polar surface area (TPSA) is 107 Å². The number of fused-ring (bicyclic) bond motifs is 1. The predicted molar refractivity (Wildman–Crippen MR) is 115 cm³/mol. The average molecular weight is 456 g/mol. The molecule has 9 nitrogen and oxygen atoms in total. The van der Waals surface area contributed by atoms with Crippen LogP contribution in [0.1, 0.15) is 30.1 Å². The van der Waals surface area contributed by atoms with E-state index in [0.29, 0.717) is 28.0 Å². The van der Waals surface area contributed by atoms with Gasteiger partial charge in [0.2, 0.25) is 0 Å². The maximum atomic E-state index is 13.4. The van der Waals surface area contributed by atoms with Crippen molar-refractivity contribution in [3.63, 3.8) is 0 Å². The highest BCUT2D eigenvalue weighted by molar-refractivity contribution is 5.97. The minimum Gasteiger partial charge on any atom is -0.426 e. The second-order valence-electron chi connectivity index (χ2n) is 8.64. The molecule has 3 aromatic rings. The van der Waals surface area contributed by atoms with Gasteiger partial charge in [-0.3, -0.25) is 25.0 Å². The number of nitrogens with zero attached hydrogens (tertiary/aromatic N) is 5. The minimum atomic E-state index is -2.71. The Morgan fingerprint density at radius 1 is 1.15 bits per heavy atom. The van der Waals surface area contributed by atoms with Crippen LogP contribution in [0.4, 0.5) is 19.3 Å². The predicted octanol–water partition coefficient (Wildman–Crippen LogP) is 2.92. The highest BCUT2D eigenvalue weighted by atomic mass is 19.3. The monoisotopic (exact) mass is 456 g/mol. The first-order valence-electron chi connectivity index (χ1n) is 10.5. The van der Waals surface area contributed by atoms with Crippen LogP contribution in [0.2, 0.25) is 0 Å². The summed E-state index contributed by atoms with van der Waals surface area (Å²) in [5.41, 5.74) is 6.96. The van der Waals surface area contributed by atoms with Crippen LogP contribution in [-0.2, 0) is 4.74 Å². The quantitative estimate of drug-likeness (QED) is 0.650. The number of hydrogen-bond donors (Lipinski definition) is 1. The van der Waals surface area contributed by atoms with E-state index in [2.05, 4.69) is 9.97 Å². The van der Waals surface area contributed by atoms with Crippen LogP contribution in [0, 0.1) is 0 Å². The lowest BCUT2D eigenvalue weighted by atomic mass is 10.1. The molecular formula is C22H22F2N6O3. The van der Waals surface area contributed by atoms with Crippen LogP contribution in [0.25, 0.3) is 16.7 Å². The zero-order valence-corrected chi connectivity index (χ0v) is 17.9. The van der Waals surface area contributed by atoms with Gasteiger partial charge in [-0.2, -0.15) is 0 Å². The van der Waals surface area contributed by atoms with Crippen molar-refractivity contribution in [2.45, 2.75) is 31.4 Å². The number of amides is 2. The van der Waals surface area contributed by atoms with Gasteiger partial charge in [-0.25, -0.2) is 18.6 Å². The number of piperidine rings is 1. The molecule has 2 saturated heterocycles. The Labute approximate surface area is 187 Å². The van der Waals surface area contributed by atoms with E-state index in [0.717, 1.165) is 0 Å². The molecule has 172 valence electrons. The molecule has 11 heteroatoms. The van der Waals surface area contributed by atoms with Crippen LogP contribution >= 0.6 is 0 Å².